The van der Waals surface area contributed by atoms with E-state index < -0.39 is 0 Å². The lowest BCUT2D eigenvalue weighted by atomic mass is 10.1. The fourth-order valence-electron chi connectivity index (χ4n) is 3.63. The van der Waals surface area contributed by atoms with Gasteiger partial charge in [0.2, 0.25) is 0 Å². The number of halogens is 1. The molecule has 4 nitrogen and oxygen atoms in total. The second-order valence-corrected chi connectivity index (χ2v) is 7.51. The third-order valence-corrected chi connectivity index (χ3v) is 5.36. The van der Waals surface area contributed by atoms with Gasteiger partial charge in [0.1, 0.15) is 12.4 Å². The lowest BCUT2D eigenvalue weighted by molar-refractivity contribution is -0.117. The molecule has 2 aromatic carbocycles. The quantitative estimate of drug-likeness (QED) is 0.848. The van der Waals surface area contributed by atoms with Crippen molar-refractivity contribution in [2.45, 2.75) is 25.9 Å². The van der Waals surface area contributed by atoms with Gasteiger partial charge in [-0.05, 0) is 61.3 Å². The van der Waals surface area contributed by atoms with Gasteiger partial charge in [0, 0.05) is 23.7 Å². The van der Waals surface area contributed by atoms with Crippen LogP contribution in [0.4, 0.5) is 0 Å². The van der Waals surface area contributed by atoms with Gasteiger partial charge in [0.25, 0.3) is 5.91 Å². The summed E-state index contributed by atoms with van der Waals surface area (Å²) in [5.74, 6) is 0.656. The summed E-state index contributed by atoms with van der Waals surface area (Å²) >= 11 is 6.04. The number of rotatable bonds is 5. The van der Waals surface area contributed by atoms with Crippen LogP contribution in [0.15, 0.2) is 48.0 Å². The minimum atomic E-state index is -0.100. The second kappa shape index (κ2) is 8.15. The van der Waals surface area contributed by atoms with Crippen LogP contribution in [0.1, 0.15) is 29.5 Å². The third kappa shape index (κ3) is 4.34. The van der Waals surface area contributed by atoms with Gasteiger partial charge in [-0.15, -0.1) is 0 Å². The molecule has 2 aliphatic heterocycles. The zero-order valence-corrected chi connectivity index (χ0v) is 16.0. The Hall–Kier alpha value is -2.30. The minimum absolute atomic E-state index is 0.100. The Morgan fingerprint density at radius 3 is 2.70 bits per heavy atom. The van der Waals surface area contributed by atoms with E-state index in [0.29, 0.717) is 17.1 Å². The molecule has 1 fully saturated rings. The van der Waals surface area contributed by atoms with Crippen LogP contribution in [0.3, 0.4) is 0 Å². The second-order valence-electron chi connectivity index (χ2n) is 7.08. The first-order chi connectivity index (χ1) is 13.2. The average Bonchev–Trinajstić information content (AvgIpc) is 3.19. The molecule has 0 spiro atoms. The minimum Gasteiger partial charge on any atom is -0.488 e. The standard InChI is InChI=1S/C22H23ClN2O2/c23-20-7-8-21-18(12-20)11-19(15-27-21)22(26)24-13-16-5-1-2-6-17(16)14-25-9-3-4-10-25/h1-2,5-8,11-12H,3-4,9-10,13-15H2,(H,24,26). The summed E-state index contributed by atoms with van der Waals surface area (Å²) in [6.45, 7) is 4.06. The maximum absolute atomic E-state index is 12.6. The van der Waals surface area contributed by atoms with Crippen LogP contribution in [-0.2, 0) is 17.9 Å². The van der Waals surface area contributed by atoms with E-state index in [0.717, 1.165) is 30.9 Å². The molecule has 2 aromatic rings. The summed E-state index contributed by atoms with van der Waals surface area (Å²) in [5, 5.41) is 3.67. The van der Waals surface area contributed by atoms with Gasteiger partial charge in [-0.2, -0.15) is 0 Å². The Morgan fingerprint density at radius 1 is 1.11 bits per heavy atom. The van der Waals surface area contributed by atoms with E-state index in [1.54, 1.807) is 6.07 Å². The van der Waals surface area contributed by atoms with Crippen LogP contribution in [0, 0.1) is 0 Å². The topological polar surface area (TPSA) is 41.6 Å². The summed E-state index contributed by atoms with van der Waals surface area (Å²) in [4.78, 5) is 15.1. The monoisotopic (exact) mass is 382 g/mol. The number of hydrogen-bond acceptors (Lipinski definition) is 3. The Morgan fingerprint density at radius 2 is 1.89 bits per heavy atom. The number of fused-ring (bicyclic) bond motifs is 1. The number of ether oxygens (including phenoxy) is 1. The molecule has 5 heteroatoms. The highest BCUT2D eigenvalue weighted by molar-refractivity contribution is 6.30. The SMILES string of the molecule is O=C(NCc1ccccc1CN1CCCC1)C1=Cc2cc(Cl)ccc2OC1. The summed E-state index contributed by atoms with van der Waals surface area (Å²) in [5.41, 5.74) is 3.90. The van der Waals surface area contributed by atoms with Gasteiger partial charge >= 0.3 is 0 Å². The van der Waals surface area contributed by atoms with E-state index in [1.165, 1.54) is 24.0 Å². The van der Waals surface area contributed by atoms with E-state index in [1.807, 2.05) is 24.3 Å². The summed E-state index contributed by atoms with van der Waals surface area (Å²) in [7, 11) is 0. The Kier molecular flexibility index (Phi) is 5.46. The number of carbonyl (C=O) groups is 1. The molecule has 4 rings (SSSR count). The normalized spacial score (nSPS) is 16.4. The van der Waals surface area contributed by atoms with E-state index >= 15 is 0 Å². The van der Waals surface area contributed by atoms with Gasteiger partial charge in [-0.25, -0.2) is 0 Å². The first-order valence-electron chi connectivity index (χ1n) is 9.39. The summed E-state index contributed by atoms with van der Waals surface area (Å²) in [6, 6.07) is 13.8. The zero-order chi connectivity index (χ0) is 18.6. The van der Waals surface area contributed by atoms with Crippen molar-refractivity contribution in [1.29, 1.82) is 0 Å². The molecule has 0 saturated carbocycles. The molecule has 0 atom stereocenters. The molecule has 140 valence electrons. The van der Waals surface area contributed by atoms with Crippen LogP contribution in [-0.4, -0.2) is 30.5 Å². The molecule has 1 saturated heterocycles. The Balaban J connectivity index is 1.42. The highest BCUT2D eigenvalue weighted by Gasteiger charge is 2.18. The van der Waals surface area contributed by atoms with Gasteiger partial charge in [-0.3, -0.25) is 9.69 Å². The van der Waals surface area contributed by atoms with Crippen LogP contribution >= 0.6 is 11.6 Å². The smallest absolute Gasteiger partial charge is 0.250 e. The number of likely N-dealkylation sites (tertiary alicyclic amines) is 1. The molecule has 0 unspecified atom stereocenters. The molecule has 1 N–H and O–H groups in total. The fourth-order valence-corrected chi connectivity index (χ4v) is 3.81. The van der Waals surface area contributed by atoms with Crippen LogP contribution < -0.4 is 10.1 Å². The van der Waals surface area contributed by atoms with Gasteiger partial charge in [-0.1, -0.05) is 35.9 Å². The number of benzene rings is 2. The van der Waals surface area contributed by atoms with E-state index in [2.05, 4.69) is 28.4 Å². The lowest BCUT2D eigenvalue weighted by Crippen LogP contribution is -2.29. The highest BCUT2D eigenvalue weighted by Crippen LogP contribution is 2.29. The Bertz CT molecular complexity index is 872. The predicted octanol–water partition coefficient (Wildman–Crippen LogP) is 4.03. The molecule has 0 radical (unpaired) electrons. The van der Waals surface area contributed by atoms with Crippen LogP contribution in [0.25, 0.3) is 6.08 Å². The molecular weight excluding hydrogens is 360 g/mol. The molecule has 0 aliphatic carbocycles. The maximum atomic E-state index is 12.6. The molecule has 2 aliphatic rings. The number of nitrogens with one attached hydrogen (secondary N) is 1. The largest absolute Gasteiger partial charge is 0.488 e. The van der Waals surface area contributed by atoms with Crippen molar-refractivity contribution >= 4 is 23.6 Å². The molecule has 0 bridgehead atoms. The van der Waals surface area contributed by atoms with E-state index in [4.69, 9.17) is 16.3 Å². The third-order valence-electron chi connectivity index (χ3n) is 5.13. The van der Waals surface area contributed by atoms with Crippen molar-refractivity contribution in [2.24, 2.45) is 0 Å². The van der Waals surface area contributed by atoms with Crippen molar-refractivity contribution < 1.29 is 9.53 Å². The van der Waals surface area contributed by atoms with E-state index in [9.17, 15) is 4.79 Å². The van der Waals surface area contributed by atoms with Gasteiger partial charge in [0.15, 0.2) is 0 Å². The van der Waals surface area contributed by atoms with Crippen molar-refractivity contribution in [2.75, 3.05) is 19.7 Å². The zero-order valence-electron chi connectivity index (χ0n) is 15.2. The fraction of sp³-hybridized carbons (Fsp3) is 0.318. The number of hydrogen-bond donors (Lipinski definition) is 1. The van der Waals surface area contributed by atoms with E-state index in [-0.39, 0.29) is 12.5 Å². The molecule has 0 aromatic heterocycles. The first-order valence-corrected chi connectivity index (χ1v) is 9.77. The van der Waals surface area contributed by atoms with Crippen molar-refractivity contribution in [1.82, 2.24) is 10.2 Å². The number of carbonyl (C=O) groups excluding carboxylic acids is 1. The predicted molar refractivity (Wildman–Crippen MR) is 108 cm³/mol. The van der Waals surface area contributed by atoms with Crippen molar-refractivity contribution in [3.8, 4) is 5.75 Å². The molecule has 27 heavy (non-hydrogen) atoms. The van der Waals surface area contributed by atoms with Crippen LogP contribution in [0.5, 0.6) is 5.75 Å². The average molecular weight is 383 g/mol. The van der Waals surface area contributed by atoms with Crippen molar-refractivity contribution in [3.63, 3.8) is 0 Å². The maximum Gasteiger partial charge on any atom is 0.250 e. The first kappa shape index (κ1) is 18.1. The van der Waals surface area contributed by atoms with Crippen molar-refractivity contribution in [3.05, 3.63) is 69.8 Å². The Labute approximate surface area is 164 Å². The highest BCUT2D eigenvalue weighted by atomic mass is 35.5. The molecular formula is C22H23ClN2O2. The molecule has 2 heterocycles. The summed E-state index contributed by atoms with van der Waals surface area (Å²) in [6.07, 6.45) is 4.41. The number of amides is 1. The molecule has 1 amide bonds. The van der Waals surface area contributed by atoms with Crippen LogP contribution in [0.2, 0.25) is 5.02 Å². The lowest BCUT2D eigenvalue weighted by Gasteiger charge is -2.19. The van der Waals surface area contributed by atoms with Gasteiger partial charge in [0.05, 0.1) is 5.57 Å². The number of nitrogens with zero attached hydrogens (tertiary/aromatic N) is 1. The summed E-state index contributed by atoms with van der Waals surface area (Å²) < 4.78 is 5.68. The van der Waals surface area contributed by atoms with Gasteiger partial charge < -0.3 is 10.1 Å².